The van der Waals surface area contributed by atoms with E-state index in [2.05, 4.69) is 4.98 Å². The quantitative estimate of drug-likeness (QED) is 0.462. The Morgan fingerprint density at radius 3 is 2.42 bits per heavy atom. The molecule has 4 rings (SSSR count). The van der Waals surface area contributed by atoms with Crippen LogP contribution in [0.3, 0.4) is 0 Å². The minimum Gasteiger partial charge on any atom is -0.305 e. The number of halogens is 2. The van der Waals surface area contributed by atoms with Gasteiger partial charge in [0.25, 0.3) is 5.91 Å². The Morgan fingerprint density at radius 2 is 1.74 bits per heavy atom. The van der Waals surface area contributed by atoms with Gasteiger partial charge in [-0.15, -0.1) is 0 Å². The van der Waals surface area contributed by atoms with Crippen molar-refractivity contribution in [3.63, 3.8) is 0 Å². The van der Waals surface area contributed by atoms with Crippen molar-refractivity contribution in [3.05, 3.63) is 88.2 Å². The Bertz CT molecular complexity index is 1140. The fraction of sp³-hybridized carbons (Fsp3) is 0.208. The number of fused-ring (bicyclic) bond motifs is 1. The zero-order chi connectivity index (χ0) is 22.1. The molecule has 7 heteroatoms. The van der Waals surface area contributed by atoms with Crippen LogP contribution in [0.2, 0.25) is 10.2 Å². The zero-order valence-electron chi connectivity index (χ0n) is 17.1. The number of anilines is 2. The van der Waals surface area contributed by atoms with Gasteiger partial charge in [0.15, 0.2) is 0 Å². The number of benzene rings is 2. The molecule has 0 saturated heterocycles. The van der Waals surface area contributed by atoms with Crippen LogP contribution in [-0.4, -0.2) is 22.8 Å². The molecule has 0 N–H and O–H groups in total. The lowest BCUT2D eigenvalue weighted by Crippen LogP contribution is -2.47. The van der Waals surface area contributed by atoms with Gasteiger partial charge in [-0.3, -0.25) is 9.59 Å². The van der Waals surface area contributed by atoms with Crippen molar-refractivity contribution in [3.8, 4) is 0 Å². The molecule has 1 aromatic heterocycles. The van der Waals surface area contributed by atoms with Crippen molar-refractivity contribution < 1.29 is 9.59 Å². The van der Waals surface area contributed by atoms with Crippen LogP contribution in [0.4, 0.5) is 11.4 Å². The molecule has 2 aromatic carbocycles. The van der Waals surface area contributed by atoms with Gasteiger partial charge in [-0.1, -0.05) is 59.6 Å². The number of amides is 2. The highest BCUT2D eigenvalue weighted by Gasteiger charge is 2.38. The largest absolute Gasteiger partial charge is 0.305 e. The van der Waals surface area contributed by atoms with Crippen LogP contribution < -0.4 is 9.80 Å². The number of pyridine rings is 1. The average Bonchev–Trinajstić information content (AvgIpc) is 2.76. The molecular formula is C24H21Cl2N3O2. The van der Waals surface area contributed by atoms with E-state index in [0.29, 0.717) is 12.0 Å². The number of carbonyl (C=O) groups is 2. The molecule has 0 radical (unpaired) electrons. The van der Waals surface area contributed by atoms with Gasteiger partial charge in [0.1, 0.15) is 5.15 Å². The maximum atomic E-state index is 13.4. The van der Waals surface area contributed by atoms with Crippen LogP contribution >= 0.6 is 23.2 Å². The van der Waals surface area contributed by atoms with Crippen LogP contribution in [0.5, 0.6) is 0 Å². The SMILES string of the molecule is CC(=O)N(c1ccccc1)[C@@H]1C[C@H](C)N(C(=O)c2cnc(Cl)c(Cl)c2)c2ccccc21. The highest BCUT2D eigenvalue weighted by molar-refractivity contribution is 6.41. The Balaban J connectivity index is 1.78. The summed E-state index contributed by atoms with van der Waals surface area (Å²) < 4.78 is 0. The maximum absolute atomic E-state index is 13.4. The first-order valence-corrected chi connectivity index (χ1v) is 10.7. The number of para-hydroxylation sites is 2. The topological polar surface area (TPSA) is 53.5 Å². The van der Waals surface area contributed by atoms with Crippen molar-refractivity contribution >= 4 is 46.4 Å². The fourth-order valence-corrected chi connectivity index (χ4v) is 4.45. The number of rotatable bonds is 3. The second kappa shape index (κ2) is 8.69. The summed E-state index contributed by atoms with van der Waals surface area (Å²) in [7, 11) is 0. The molecule has 2 amide bonds. The lowest BCUT2D eigenvalue weighted by molar-refractivity contribution is -0.117. The predicted octanol–water partition coefficient (Wildman–Crippen LogP) is 5.92. The van der Waals surface area contributed by atoms with Gasteiger partial charge in [-0.25, -0.2) is 4.98 Å². The summed E-state index contributed by atoms with van der Waals surface area (Å²) in [6.45, 7) is 3.55. The Hall–Kier alpha value is -2.89. The summed E-state index contributed by atoms with van der Waals surface area (Å²) in [5, 5.41) is 0.389. The van der Waals surface area contributed by atoms with Crippen molar-refractivity contribution in [1.82, 2.24) is 4.98 Å². The minimum absolute atomic E-state index is 0.0494. The summed E-state index contributed by atoms with van der Waals surface area (Å²) in [4.78, 5) is 33.7. The summed E-state index contributed by atoms with van der Waals surface area (Å²) >= 11 is 12.0. The molecule has 0 bridgehead atoms. The molecule has 0 unspecified atom stereocenters. The highest BCUT2D eigenvalue weighted by Crippen LogP contribution is 2.42. The van der Waals surface area contributed by atoms with Crippen molar-refractivity contribution in [1.29, 1.82) is 0 Å². The van der Waals surface area contributed by atoms with E-state index in [-0.39, 0.29) is 34.1 Å². The van der Waals surface area contributed by atoms with Crippen LogP contribution in [0.25, 0.3) is 0 Å². The molecule has 3 aromatic rings. The molecule has 158 valence electrons. The van der Waals surface area contributed by atoms with Crippen molar-refractivity contribution in [2.75, 3.05) is 9.80 Å². The molecule has 0 fully saturated rings. The average molecular weight is 454 g/mol. The summed E-state index contributed by atoms with van der Waals surface area (Å²) in [6, 6.07) is 18.5. The molecule has 0 aliphatic carbocycles. The molecule has 2 heterocycles. The maximum Gasteiger partial charge on any atom is 0.260 e. The fourth-order valence-electron chi connectivity index (χ4n) is 4.18. The molecule has 0 spiro atoms. The van der Waals surface area contributed by atoms with Crippen molar-refractivity contribution in [2.24, 2.45) is 0 Å². The number of nitrogens with zero attached hydrogens (tertiary/aromatic N) is 3. The van der Waals surface area contributed by atoms with Gasteiger partial charge >= 0.3 is 0 Å². The summed E-state index contributed by atoms with van der Waals surface area (Å²) in [6.07, 6.45) is 2.02. The predicted molar refractivity (Wildman–Crippen MR) is 124 cm³/mol. The smallest absolute Gasteiger partial charge is 0.260 e. The second-order valence-electron chi connectivity index (χ2n) is 7.56. The summed E-state index contributed by atoms with van der Waals surface area (Å²) in [5.74, 6) is -0.259. The third-order valence-electron chi connectivity index (χ3n) is 5.51. The minimum atomic E-state index is -0.210. The van der Waals surface area contributed by atoms with Gasteiger partial charge in [0, 0.05) is 30.5 Å². The van der Waals surface area contributed by atoms with E-state index >= 15 is 0 Å². The molecule has 1 aliphatic rings. The van der Waals surface area contributed by atoms with E-state index in [0.717, 1.165) is 16.9 Å². The van der Waals surface area contributed by atoms with E-state index in [1.54, 1.807) is 16.7 Å². The van der Waals surface area contributed by atoms with Gasteiger partial charge in [-0.2, -0.15) is 0 Å². The van der Waals surface area contributed by atoms with Crippen LogP contribution in [0, 0.1) is 0 Å². The Morgan fingerprint density at radius 1 is 1.06 bits per heavy atom. The molecule has 1 aliphatic heterocycles. The van der Waals surface area contributed by atoms with E-state index in [4.69, 9.17) is 23.2 Å². The highest BCUT2D eigenvalue weighted by atomic mass is 35.5. The molecule has 2 atom stereocenters. The lowest BCUT2D eigenvalue weighted by atomic mass is 9.89. The first-order valence-electron chi connectivity index (χ1n) is 9.97. The molecule has 31 heavy (non-hydrogen) atoms. The lowest BCUT2D eigenvalue weighted by Gasteiger charge is -2.43. The van der Waals surface area contributed by atoms with Crippen LogP contribution in [0.15, 0.2) is 66.9 Å². The van der Waals surface area contributed by atoms with Crippen LogP contribution in [0.1, 0.15) is 42.2 Å². The van der Waals surface area contributed by atoms with Gasteiger partial charge < -0.3 is 9.80 Å². The zero-order valence-corrected chi connectivity index (χ0v) is 18.6. The van der Waals surface area contributed by atoms with E-state index < -0.39 is 0 Å². The van der Waals surface area contributed by atoms with Gasteiger partial charge in [-0.05, 0) is 43.2 Å². The van der Waals surface area contributed by atoms with E-state index in [1.807, 2.05) is 61.5 Å². The standard InChI is InChI=1S/C24H21Cl2N3O2/c1-15-12-22(29(16(2)30)18-8-4-3-5-9-18)19-10-6-7-11-21(19)28(15)24(31)17-13-20(25)23(26)27-14-17/h3-11,13-15,22H,12H2,1-2H3/t15-,22+/m0/s1. The Kier molecular flexibility index (Phi) is 5.99. The first kappa shape index (κ1) is 21.3. The third-order valence-corrected chi connectivity index (χ3v) is 6.19. The summed E-state index contributed by atoms with van der Waals surface area (Å²) in [5.41, 5.74) is 2.88. The monoisotopic (exact) mass is 453 g/mol. The van der Waals surface area contributed by atoms with E-state index in [9.17, 15) is 9.59 Å². The Labute approximate surface area is 191 Å². The van der Waals surface area contributed by atoms with Crippen LogP contribution in [-0.2, 0) is 4.79 Å². The third kappa shape index (κ3) is 4.03. The molecule has 0 saturated carbocycles. The molecular weight excluding hydrogens is 433 g/mol. The number of hydrogen-bond acceptors (Lipinski definition) is 3. The number of hydrogen-bond donors (Lipinski definition) is 0. The first-order chi connectivity index (χ1) is 14.9. The van der Waals surface area contributed by atoms with E-state index in [1.165, 1.54) is 12.3 Å². The second-order valence-corrected chi connectivity index (χ2v) is 8.32. The van der Waals surface area contributed by atoms with Gasteiger partial charge in [0.2, 0.25) is 5.91 Å². The normalized spacial score (nSPS) is 17.7. The van der Waals surface area contributed by atoms with Gasteiger partial charge in [0.05, 0.1) is 16.6 Å². The van der Waals surface area contributed by atoms with Crippen molar-refractivity contribution in [2.45, 2.75) is 32.4 Å². The number of aromatic nitrogens is 1. The molecule has 5 nitrogen and oxygen atoms in total. The number of carbonyl (C=O) groups excluding carboxylic acids is 2.